The lowest BCUT2D eigenvalue weighted by Gasteiger charge is -2.48. The third-order valence-electron chi connectivity index (χ3n) is 5.59. The smallest absolute Gasteiger partial charge is 0.123 e. The van der Waals surface area contributed by atoms with Crippen LogP contribution in [0.5, 0.6) is 5.75 Å². The molecule has 1 aliphatic carbocycles. The summed E-state index contributed by atoms with van der Waals surface area (Å²) in [6.07, 6.45) is 9.51. The first-order valence-corrected chi connectivity index (χ1v) is 8.99. The standard InChI is InChI=1S/C22H30O/c1-15(2)7-6-12-22(5)20-10-8-16(3)13-18(20)19-14-17(4)9-11-21(19)23-22/h7,9,11,13-14,18,20H,6,8,10,12H2,1-5H3. The van der Waals surface area contributed by atoms with E-state index in [1.54, 1.807) is 0 Å². The van der Waals surface area contributed by atoms with Crippen molar-refractivity contribution in [2.45, 2.75) is 71.8 Å². The van der Waals surface area contributed by atoms with Crippen LogP contribution in [0.15, 0.2) is 41.5 Å². The highest BCUT2D eigenvalue weighted by Crippen LogP contribution is 2.52. The van der Waals surface area contributed by atoms with Gasteiger partial charge in [0, 0.05) is 17.4 Å². The quantitative estimate of drug-likeness (QED) is 0.592. The van der Waals surface area contributed by atoms with Crippen molar-refractivity contribution in [2.24, 2.45) is 5.92 Å². The van der Waals surface area contributed by atoms with Crippen molar-refractivity contribution in [3.8, 4) is 5.75 Å². The molecule has 1 heterocycles. The van der Waals surface area contributed by atoms with Crippen LogP contribution in [0.1, 0.15) is 70.4 Å². The highest BCUT2D eigenvalue weighted by Gasteiger charge is 2.46. The van der Waals surface area contributed by atoms with Gasteiger partial charge in [0.05, 0.1) is 0 Å². The van der Waals surface area contributed by atoms with Crippen molar-refractivity contribution in [3.05, 3.63) is 52.6 Å². The Morgan fingerprint density at radius 1 is 1.30 bits per heavy atom. The van der Waals surface area contributed by atoms with Gasteiger partial charge in [0.15, 0.2) is 0 Å². The first kappa shape index (κ1) is 16.4. The maximum atomic E-state index is 6.60. The normalized spacial score (nSPS) is 29.0. The van der Waals surface area contributed by atoms with E-state index in [0.717, 1.165) is 18.6 Å². The van der Waals surface area contributed by atoms with Crippen LogP contribution in [0, 0.1) is 12.8 Å². The van der Waals surface area contributed by atoms with E-state index in [0.29, 0.717) is 11.8 Å². The maximum absolute atomic E-state index is 6.60. The molecule has 1 aromatic carbocycles. The third-order valence-corrected chi connectivity index (χ3v) is 5.59. The van der Waals surface area contributed by atoms with Crippen LogP contribution in [0.25, 0.3) is 0 Å². The molecule has 0 saturated heterocycles. The molecule has 0 saturated carbocycles. The number of benzene rings is 1. The van der Waals surface area contributed by atoms with Gasteiger partial charge in [-0.15, -0.1) is 0 Å². The van der Waals surface area contributed by atoms with E-state index in [1.165, 1.54) is 35.1 Å². The molecule has 0 radical (unpaired) electrons. The van der Waals surface area contributed by atoms with Crippen molar-refractivity contribution >= 4 is 0 Å². The number of aryl methyl sites for hydroxylation is 1. The van der Waals surface area contributed by atoms with E-state index in [9.17, 15) is 0 Å². The Bertz CT molecular complexity index is 648. The monoisotopic (exact) mass is 310 g/mol. The number of hydrogen-bond acceptors (Lipinski definition) is 1. The molecule has 1 heteroatoms. The molecule has 0 fully saturated rings. The number of allylic oxidation sites excluding steroid dienone is 4. The molecule has 23 heavy (non-hydrogen) atoms. The second-order valence-electron chi connectivity index (χ2n) is 7.96. The van der Waals surface area contributed by atoms with Crippen LogP contribution in [0.2, 0.25) is 0 Å². The van der Waals surface area contributed by atoms with E-state index in [1.807, 2.05) is 0 Å². The zero-order valence-electron chi connectivity index (χ0n) is 15.3. The Kier molecular flexibility index (Phi) is 4.40. The fraction of sp³-hybridized carbons (Fsp3) is 0.545. The van der Waals surface area contributed by atoms with Crippen molar-refractivity contribution < 1.29 is 4.74 Å². The summed E-state index contributed by atoms with van der Waals surface area (Å²) in [6.45, 7) is 11.1. The highest BCUT2D eigenvalue weighted by molar-refractivity contribution is 5.46. The van der Waals surface area contributed by atoms with Gasteiger partial charge < -0.3 is 4.74 Å². The van der Waals surface area contributed by atoms with Crippen molar-refractivity contribution in [2.75, 3.05) is 0 Å². The molecule has 0 aromatic heterocycles. The molecule has 3 atom stereocenters. The minimum absolute atomic E-state index is 0.0594. The lowest BCUT2D eigenvalue weighted by molar-refractivity contribution is -0.0115. The van der Waals surface area contributed by atoms with Crippen molar-refractivity contribution in [1.82, 2.24) is 0 Å². The van der Waals surface area contributed by atoms with Gasteiger partial charge in [-0.25, -0.2) is 0 Å². The predicted octanol–water partition coefficient (Wildman–Crippen LogP) is 6.33. The molecule has 3 rings (SSSR count). The fourth-order valence-corrected chi connectivity index (χ4v) is 4.29. The summed E-state index contributed by atoms with van der Waals surface area (Å²) in [5.41, 5.74) is 5.60. The van der Waals surface area contributed by atoms with E-state index in [4.69, 9.17) is 4.74 Å². The summed E-state index contributed by atoms with van der Waals surface area (Å²) in [4.78, 5) is 0. The summed E-state index contributed by atoms with van der Waals surface area (Å²) in [7, 11) is 0. The van der Waals surface area contributed by atoms with Crippen molar-refractivity contribution in [3.63, 3.8) is 0 Å². The van der Waals surface area contributed by atoms with E-state index >= 15 is 0 Å². The molecule has 0 N–H and O–H groups in total. The average molecular weight is 310 g/mol. The summed E-state index contributed by atoms with van der Waals surface area (Å²) in [6, 6.07) is 6.69. The number of hydrogen-bond donors (Lipinski definition) is 0. The molecule has 1 aromatic rings. The van der Waals surface area contributed by atoms with Gasteiger partial charge in [-0.05, 0) is 66.4 Å². The predicted molar refractivity (Wildman–Crippen MR) is 98.1 cm³/mol. The molecule has 2 aliphatic rings. The first-order valence-electron chi connectivity index (χ1n) is 8.99. The lowest BCUT2D eigenvalue weighted by Crippen LogP contribution is -2.47. The first-order chi connectivity index (χ1) is 10.9. The molecule has 124 valence electrons. The highest BCUT2D eigenvalue weighted by atomic mass is 16.5. The van der Waals surface area contributed by atoms with Crippen LogP contribution < -0.4 is 4.74 Å². The zero-order valence-corrected chi connectivity index (χ0v) is 15.3. The topological polar surface area (TPSA) is 9.23 Å². The molecule has 0 amide bonds. The Morgan fingerprint density at radius 3 is 2.83 bits per heavy atom. The second-order valence-corrected chi connectivity index (χ2v) is 7.96. The molecular weight excluding hydrogens is 280 g/mol. The van der Waals surface area contributed by atoms with Crippen LogP contribution in [0.3, 0.4) is 0 Å². The van der Waals surface area contributed by atoms with E-state index in [2.05, 4.69) is 65.0 Å². The largest absolute Gasteiger partial charge is 0.487 e. The number of rotatable bonds is 3. The molecule has 1 nitrogen and oxygen atoms in total. The van der Waals surface area contributed by atoms with Crippen LogP contribution in [-0.4, -0.2) is 5.60 Å². The van der Waals surface area contributed by atoms with Gasteiger partial charge in [-0.1, -0.05) is 41.0 Å². The zero-order chi connectivity index (χ0) is 16.6. The van der Waals surface area contributed by atoms with Crippen LogP contribution in [-0.2, 0) is 0 Å². The summed E-state index contributed by atoms with van der Waals surface area (Å²) < 4.78 is 6.60. The number of fused-ring (bicyclic) bond motifs is 3. The summed E-state index contributed by atoms with van der Waals surface area (Å²) >= 11 is 0. The molecule has 0 spiro atoms. The van der Waals surface area contributed by atoms with Gasteiger partial charge in [0.2, 0.25) is 0 Å². The Balaban J connectivity index is 1.98. The fourth-order valence-electron chi connectivity index (χ4n) is 4.29. The molecule has 3 unspecified atom stereocenters. The molecule has 0 bridgehead atoms. The Morgan fingerprint density at radius 2 is 2.09 bits per heavy atom. The maximum Gasteiger partial charge on any atom is 0.123 e. The van der Waals surface area contributed by atoms with Gasteiger partial charge in [-0.3, -0.25) is 0 Å². The minimum atomic E-state index is -0.0594. The minimum Gasteiger partial charge on any atom is -0.487 e. The van der Waals surface area contributed by atoms with Gasteiger partial charge >= 0.3 is 0 Å². The SMILES string of the molecule is CC(C)=CCCC1(C)Oc2ccc(C)cc2C2C=C(C)CCC21. The lowest BCUT2D eigenvalue weighted by atomic mass is 9.66. The van der Waals surface area contributed by atoms with E-state index < -0.39 is 0 Å². The van der Waals surface area contributed by atoms with Crippen molar-refractivity contribution in [1.29, 1.82) is 0 Å². The van der Waals surface area contributed by atoms with Crippen LogP contribution in [0.4, 0.5) is 0 Å². The Labute approximate surface area is 141 Å². The van der Waals surface area contributed by atoms with Gasteiger partial charge in [-0.2, -0.15) is 0 Å². The third kappa shape index (κ3) is 3.24. The Hall–Kier alpha value is -1.50. The van der Waals surface area contributed by atoms with E-state index in [-0.39, 0.29) is 5.60 Å². The van der Waals surface area contributed by atoms with Crippen LogP contribution >= 0.6 is 0 Å². The summed E-state index contributed by atoms with van der Waals surface area (Å²) in [5, 5.41) is 0. The second kappa shape index (κ2) is 6.19. The van der Waals surface area contributed by atoms with Gasteiger partial charge in [0.1, 0.15) is 11.4 Å². The average Bonchev–Trinajstić information content (AvgIpc) is 2.48. The summed E-state index contributed by atoms with van der Waals surface area (Å²) in [5.74, 6) is 2.21. The van der Waals surface area contributed by atoms with Gasteiger partial charge in [0.25, 0.3) is 0 Å². The molecular formula is C22H30O. The molecule has 1 aliphatic heterocycles. The number of ether oxygens (including phenoxy) is 1.